The first kappa shape index (κ1) is 31.7. The van der Waals surface area contributed by atoms with Crippen LogP contribution < -0.4 is 29.3 Å². The molecule has 8 rings (SSSR count). The van der Waals surface area contributed by atoms with Crippen LogP contribution in [0.3, 0.4) is 0 Å². The summed E-state index contributed by atoms with van der Waals surface area (Å²) in [5, 5.41) is 3.75. The van der Waals surface area contributed by atoms with Gasteiger partial charge in [-0.15, -0.1) is 11.8 Å². The Balaban J connectivity index is 1.10. The number of aryl methyl sites for hydroxylation is 1. The summed E-state index contributed by atoms with van der Waals surface area (Å²) in [7, 11) is 1.58. The highest BCUT2D eigenvalue weighted by Gasteiger charge is 2.69. The van der Waals surface area contributed by atoms with Gasteiger partial charge in [0.1, 0.15) is 5.75 Å². The number of benzene rings is 3. The molecule has 4 aliphatic rings. The maximum absolute atomic E-state index is 14.1. The van der Waals surface area contributed by atoms with E-state index < -0.39 is 5.92 Å². The van der Waals surface area contributed by atoms with E-state index in [-0.39, 0.29) is 64.0 Å². The molecule has 3 fully saturated rings. The lowest BCUT2D eigenvalue weighted by Crippen LogP contribution is -2.42. The zero-order valence-electron chi connectivity index (χ0n) is 27.1. The van der Waals surface area contributed by atoms with Crippen molar-refractivity contribution in [2.24, 2.45) is 29.6 Å². The molecule has 252 valence electrons. The summed E-state index contributed by atoms with van der Waals surface area (Å²) in [5.41, 5.74) is 3.24. The minimum Gasteiger partial charge on any atom is -0.497 e. The van der Waals surface area contributed by atoms with Crippen LogP contribution in [0.4, 0.5) is 11.4 Å². The zero-order valence-corrected chi connectivity index (χ0v) is 28.8. The molecule has 3 aromatic carbocycles. The summed E-state index contributed by atoms with van der Waals surface area (Å²) in [6, 6.07) is 20.3. The molecule has 4 aromatic rings. The number of hydrogen-bond acceptors (Lipinski definition) is 9. The number of aromatic nitrogens is 1. The number of carbonyl (C=O) groups is 3. The number of ether oxygens (including phenoxy) is 3. The van der Waals surface area contributed by atoms with Crippen LogP contribution in [0.2, 0.25) is 0 Å². The average molecular weight is 698 g/mol. The number of nitrogens with one attached hydrogen (secondary N) is 2. The number of fused-ring (bicyclic) bond motifs is 9. The molecular weight excluding hydrogens is 663 g/mol. The van der Waals surface area contributed by atoms with E-state index in [9.17, 15) is 19.2 Å². The number of nitrogens with zero attached hydrogens (tertiary/aromatic N) is 1. The number of carbonyl (C=O) groups excluding carboxylic acids is 3. The van der Waals surface area contributed by atoms with Gasteiger partial charge in [0.25, 0.3) is 5.91 Å². The summed E-state index contributed by atoms with van der Waals surface area (Å²) in [6.45, 7) is 4.03. The number of anilines is 2. The third kappa shape index (κ3) is 5.32. The molecule has 1 saturated heterocycles. The first-order chi connectivity index (χ1) is 23.7. The number of aromatic amines is 1. The SMILES string of the molecule is CCOc1cc([C@@H]2c3sc(=O)[nH]c3S[C@@H]3[C@@H]4C[C@@H]([C@@H]5C(=O)N(c6ccc(OC)cc6)C(=O)[C@@H]45)[C@H]23)ccc1OCC(=O)Nc1cccc(C)c1. The monoisotopic (exact) mass is 697 g/mol. The fraction of sp³-hybridized carbons (Fsp3) is 0.351. The molecule has 0 unspecified atom stereocenters. The van der Waals surface area contributed by atoms with Crippen molar-refractivity contribution in [3.05, 3.63) is 92.4 Å². The standard InChI is InChI=1S/C37H35N3O7S2/c1-4-46-26-15-19(8-13-25(26)47-17-27(41)38-20-7-5-6-18(2)14-20)28-29-23-16-24(32(29)48-34-33(28)49-37(44)39-34)31-30(23)35(42)40(36(31)43)21-9-11-22(45-3)12-10-21/h5-15,23-24,28-32H,4,16-17H2,1-3H3,(H,38,41)(H,39,44)/t23-,24-,28+,29-,30+,31+,32-/m1/s1. The van der Waals surface area contributed by atoms with E-state index in [0.29, 0.717) is 35.2 Å². The van der Waals surface area contributed by atoms with Crippen LogP contribution in [0.15, 0.2) is 76.6 Å². The van der Waals surface area contributed by atoms with Gasteiger partial charge in [-0.3, -0.25) is 24.1 Å². The molecular formula is C37H35N3O7S2. The number of thiazole rings is 1. The van der Waals surface area contributed by atoms with Gasteiger partial charge in [-0.1, -0.05) is 29.5 Å². The molecule has 2 N–H and O–H groups in total. The van der Waals surface area contributed by atoms with Gasteiger partial charge in [-0.05, 0) is 97.7 Å². The Kier molecular flexibility index (Phi) is 8.02. The van der Waals surface area contributed by atoms with Crippen LogP contribution in [-0.2, 0) is 14.4 Å². The average Bonchev–Trinajstić information content (AvgIpc) is 3.83. The molecule has 3 heterocycles. The number of methoxy groups -OCH3 is 1. The maximum Gasteiger partial charge on any atom is 0.305 e. The number of imide groups is 1. The Morgan fingerprint density at radius 2 is 1.73 bits per heavy atom. The van der Waals surface area contributed by atoms with Crippen molar-refractivity contribution in [1.29, 1.82) is 0 Å². The van der Waals surface area contributed by atoms with E-state index in [0.717, 1.165) is 27.5 Å². The summed E-state index contributed by atoms with van der Waals surface area (Å²) in [6.07, 6.45) is 0.789. The smallest absolute Gasteiger partial charge is 0.305 e. The summed E-state index contributed by atoms with van der Waals surface area (Å²) < 4.78 is 17.3. The second-order valence-corrected chi connectivity index (χ2v) is 15.2. The lowest BCUT2D eigenvalue weighted by Gasteiger charge is -2.43. The Bertz CT molecular complexity index is 2020. The van der Waals surface area contributed by atoms with Crippen LogP contribution in [0, 0.1) is 36.5 Å². The van der Waals surface area contributed by atoms with Crippen LogP contribution >= 0.6 is 23.1 Å². The highest BCUT2D eigenvalue weighted by molar-refractivity contribution is 8.00. The normalized spacial score (nSPS) is 26.3. The van der Waals surface area contributed by atoms with E-state index in [4.69, 9.17) is 14.2 Å². The molecule has 2 aliphatic carbocycles. The second kappa shape index (κ2) is 12.4. The third-order valence-corrected chi connectivity index (χ3v) is 12.9. The first-order valence-electron chi connectivity index (χ1n) is 16.4. The molecule has 7 atom stereocenters. The lowest BCUT2D eigenvalue weighted by atomic mass is 9.68. The Labute approximate surface area is 291 Å². The van der Waals surface area contributed by atoms with Crippen LogP contribution in [0.25, 0.3) is 0 Å². The van der Waals surface area contributed by atoms with Crippen molar-refractivity contribution >= 4 is 52.2 Å². The second-order valence-electron chi connectivity index (χ2n) is 13.0. The zero-order chi connectivity index (χ0) is 34.0. The van der Waals surface area contributed by atoms with Gasteiger partial charge in [-0.2, -0.15) is 0 Å². The molecule has 10 nitrogen and oxygen atoms in total. The number of thioether (sulfide) groups is 1. The lowest BCUT2D eigenvalue weighted by molar-refractivity contribution is -0.123. The molecule has 0 radical (unpaired) electrons. The Hall–Kier alpha value is -4.55. The van der Waals surface area contributed by atoms with E-state index in [1.165, 1.54) is 16.2 Å². The van der Waals surface area contributed by atoms with Crippen LogP contribution in [-0.4, -0.2) is 48.3 Å². The van der Waals surface area contributed by atoms with E-state index in [1.807, 2.05) is 56.3 Å². The number of rotatable bonds is 9. The predicted molar refractivity (Wildman–Crippen MR) is 187 cm³/mol. The molecule has 2 aliphatic heterocycles. The van der Waals surface area contributed by atoms with Gasteiger partial charge >= 0.3 is 4.87 Å². The Morgan fingerprint density at radius 1 is 0.959 bits per heavy atom. The predicted octanol–water partition coefficient (Wildman–Crippen LogP) is 5.85. The van der Waals surface area contributed by atoms with Gasteiger partial charge in [0.05, 0.1) is 36.3 Å². The van der Waals surface area contributed by atoms with Crippen molar-refractivity contribution in [1.82, 2.24) is 4.98 Å². The van der Waals surface area contributed by atoms with Crippen molar-refractivity contribution in [3.8, 4) is 17.2 Å². The summed E-state index contributed by atoms with van der Waals surface area (Å²) >= 11 is 2.86. The van der Waals surface area contributed by atoms with Gasteiger partial charge in [0.2, 0.25) is 11.8 Å². The van der Waals surface area contributed by atoms with Gasteiger partial charge in [-0.25, -0.2) is 0 Å². The Morgan fingerprint density at radius 3 is 2.47 bits per heavy atom. The van der Waals surface area contributed by atoms with Crippen molar-refractivity contribution in [2.75, 3.05) is 30.5 Å². The number of amides is 3. The van der Waals surface area contributed by atoms with Crippen LogP contribution in [0.1, 0.15) is 35.3 Å². The number of H-pyrrole nitrogens is 1. The molecule has 1 aromatic heterocycles. The minimum absolute atomic E-state index is 0.00429. The summed E-state index contributed by atoms with van der Waals surface area (Å²) in [4.78, 5) is 58.8. The molecule has 49 heavy (non-hydrogen) atoms. The minimum atomic E-state index is -0.415. The van der Waals surface area contributed by atoms with E-state index in [2.05, 4.69) is 10.3 Å². The van der Waals surface area contributed by atoms with Gasteiger partial charge < -0.3 is 24.5 Å². The fourth-order valence-electron chi connectivity index (χ4n) is 8.54. The third-order valence-electron chi connectivity index (χ3n) is 10.3. The molecule has 12 heteroatoms. The van der Waals surface area contributed by atoms with Gasteiger partial charge in [0, 0.05) is 21.7 Å². The molecule has 3 amide bonds. The molecule has 2 bridgehead atoms. The topological polar surface area (TPSA) is 127 Å². The highest BCUT2D eigenvalue weighted by atomic mass is 32.2. The molecule has 0 spiro atoms. The van der Waals surface area contributed by atoms with Crippen molar-refractivity contribution < 1.29 is 28.6 Å². The van der Waals surface area contributed by atoms with Crippen molar-refractivity contribution in [2.45, 2.75) is 36.5 Å². The summed E-state index contributed by atoms with van der Waals surface area (Å²) in [5.74, 6) is 0.0398. The first-order valence-corrected chi connectivity index (χ1v) is 18.1. The largest absolute Gasteiger partial charge is 0.497 e. The highest BCUT2D eigenvalue weighted by Crippen LogP contribution is 2.68. The number of hydrogen-bond donors (Lipinski definition) is 2. The maximum atomic E-state index is 14.1. The molecule has 2 saturated carbocycles. The van der Waals surface area contributed by atoms with Gasteiger partial charge in [0.15, 0.2) is 18.1 Å². The quantitative estimate of drug-likeness (QED) is 0.209. The fourth-order valence-corrected chi connectivity index (χ4v) is 11.4. The van der Waals surface area contributed by atoms with E-state index in [1.54, 1.807) is 43.1 Å². The van der Waals surface area contributed by atoms with E-state index >= 15 is 0 Å². The van der Waals surface area contributed by atoms with Crippen LogP contribution in [0.5, 0.6) is 17.2 Å². The van der Waals surface area contributed by atoms with Crippen molar-refractivity contribution in [3.63, 3.8) is 0 Å².